The fourth-order valence-electron chi connectivity index (χ4n) is 3.82. The quantitative estimate of drug-likeness (QED) is 0.842. The van der Waals surface area contributed by atoms with E-state index in [-0.39, 0.29) is 5.92 Å². The van der Waals surface area contributed by atoms with Crippen molar-refractivity contribution >= 4 is 5.91 Å². The van der Waals surface area contributed by atoms with E-state index in [0.717, 1.165) is 31.7 Å². The van der Waals surface area contributed by atoms with Crippen LogP contribution in [0.1, 0.15) is 11.1 Å². The van der Waals surface area contributed by atoms with Gasteiger partial charge in [0.25, 0.3) is 0 Å². The minimum absolute atomic E-state index is 0.161. The number of hydrogen-bond donors (Lipinski definition) is 0. The number of fused-ring (bicyclic) bond motifs is 1. The van der Waals surface area contributed by atoms with Gasteiger partial charge in [-0.15, -0.1) is 0 Å². The van der Waals surface area contributed by atoms with Crippen molar-refractivity contribution in [3.8, 4) is 0 Å². The zero-order chi connectivity index (χ0) is 15.8. The van der Waals surface area contributed by atoms with Gasteiger partial charge in [-0.1, -0.05) is 0 Å². The fraction of sp³-hybridized carbons (Fsp3) is 0.471. The predicted molar refractivity (Wildman–Crippen MR) is 85.1 cm³/mol. The number of rotatable bonds is 4. The minimum atomic E-state index is 0.161. The first-order valence-corrected chi connectivity index (χ1v) is 8.06. The Morgan fingerprint density at radius 3 is 2.65 bits per heavy atom. The molecule has 4 rings (SSSR count). The van der Waals surface area contributed by atoms with E-state index in [9.17, 15) is 4.79 Å². The summed E-state index contributed by atoms with van der Waals surface area (Å²) in [6, 6.07) is 3.96. The number of carbonyl (C=O) groups excluding carboxylic acids is 1. The number of likely N-dealkylation sites (tertiary alicyclic amines) is 2. The predicted octanol–water partition coefficient (Wildman–Crippen LogP) is 0.905. The molecule has 2 atom stereocenters. The van der Waals surface area contributed by atoms with Gasteiger partial charge >= 0.3 is 0 Å². The molecule has 0 aromatic carbocycles. The average molecular weight is 311 g/mol. The molecule has 1 amide bonds. The molecule has 2 aliphatic heterocycles. The smallest absolute Gasteiger partial charge is 0.227 e. The molecule has 0 bridgehead atoms. The molecule has 0 saturated carbocycles. The second-order valence-electron chi connectivity index (χ2n) is 6.66. The summed E-state index contributed by atoms with van der Waals surface area (Å²) in [7, 11) is 1.93. The largest absolute Gasteiger partial charge is 0.338 e. The zero-order valence-corrected chi connectivity index (χ0v) is 13.3. The van der Waals surface area contributed by atoms with Gasteiger partial charge in [-0.25, -0.2) is 0 Å². The fourth-order valence-corrected chi connectivity index (χ4v) is 3.82. The van der Waals surface area contributed by atoms with Crippen molar-refractivity contribution in [2.45, 2.75) is 13.1 Å². The molecule has 2 aromatic rings. The van der Waals surface area contributed by atoms with Crippen molar-refractivity contribution in [3.05, 3.63) is 48.0 Å². The minimum Gasteiger partial charge on any atom is -0.338 e. The second-order valence-corrected chi connectivity index (χ2v) is 6.66. The third kappa shape index (κ3) is 2.86. The highest BCUT2D eigenvalue weighted by molar-refractivity contribution is 5.82. The molecule has 0 N–H and O–H groups in total. The van der Waals surface area contributed by atoms with Gasteiger partial charge in [0, 0.05) is 69.8 Å². The monoisotopic (exact) mass is 311 g/mol. The molecule has 4 heterocycles. The average Bonchev–Trinajstić information content (AvgIpc) is 3.20. The molecule has 2 fully saturated rings. The molecule has 2 aliphatic rings. The van der Waals surface area contributed by atoms with Crippen LogP contribution in [0.15, 0.2) is 36.9 Å². The molecule has 0 radical (unpaired) electrons. The SMILES string of the molecule is Cn1cc(CN2C[C@@H]3CN(Cc4ccncc4)C(=O)[C@@H]3C2)cn1. The van der Waals surface area contributed by atoms with Crippen LogP contribution in [0.4, 0.5) is 0 Å². The number of hydrogen-bond acceptors (Lipinski definition) is 4. The zero-order valence-electron chi connectivity index (χ0n) is 13.3. The third-order valence-electron chi connectivity index (χ3n) is 4.89. The van der Waals surface area contributed by atoms with E-state index < -0.39 is 0 Å². The van der Waals surface area contributed by atoms with Gasteiger partial charge in [0.1, 0.15) is 0 Å². The lowest BCUT2D eigenvalue weighted by molar-refractivity contribution is -0.131. The summed E-state index contributed by atoms with van der Waals surface area (Å²) in [5.74, 6) is 0.926. The first-order valence-electron chi connectivity index (χ1n) is 8.06. The Kier molecular flexibility index (Phi) is 3.61. The molecule has 2 saturated heterocycles. The van der Waals surface area contributed by atoms with Gasteiger partial charge in [-0.2, -0.15) is 5.10 Å². The van der Waals surface area contributed by atoms with Crippen LogP contribution in [0.25, 0.3) is 0 Å². The highest BCUT2D eigenvalue weighted by atomic mass is 16.2. The van der Waals surface area contributed by atoms with Gasteiger partial charge in [-0.3, -0.25) is 19.4 Å². The van der Waals surface area contributed by atoms with E-state index in [1.165, 1.54) is 5.56 Å². The van der Waals surface area contributed by atoms with Crippen molar-refractivity contribution in [1.29, 1.82) is 0 Å². The van der Waals surface area contributed by atoms with Crippen LogP contribution in [0.2, 0.25) is 0 Å². The Hall–Kier alpha value is -2.21. The number of carbonyl (C=O) groups is 1. The van der Waals surface area contributed by atoms with E-state index in [1.807, 2.05) is 41.2 Å². The van der Waals surface area contributed by atoms with E-state index in [4.69, 9.17) is 0 Å². The third-order valence-corrected chi connectivity index (χ3v) is 4.89. The summed E-state index contributed by atoms with van der Waals surface area (Å²) in [6.45, 7) is 4.33. The summed E-state index contributed by atoms with van der Waals surface area (Å²) in [5, 5.41) is 4.21. The van der Waals surface area contributed by atoms with Crippen LogP contribution in [0.3, 0.4) is 0 Å². The maximum absolute atomic E-state index is 12.7. The molecule has 0 unspecified atom stereocenters. The van der Waals surface area contributed by atoms with Crippen LogP contribution in [0.5, 0.6) is 0 Å². The van der Waals surface area contributed by atoms with Gasteiger partial charge in [0.15, 0.2) is 0 Å². The van der Waals surface area contributed by atoms with Crippen LogP contribution in [0, 0.1) is 11.8 Å². The van der Waals surface area contributed by atoms with Crippen molar-refractivity contribution in [2.75, 3.05) is 19.6 Å². The van der Waals surface area contributed by atoms with E-state index in [0.29, 0.717) is 18.4 Å². The van der Waals surface area contributed by atoms with Crippen LogP contribution in [-0.4, -0.2) is 50.1 Å². The summed E-state index contributed by atoms with van der Waals surface area (Å²) >= 11 is 0. The normalized spacial score (nSPS) is 24.4. The Labute approximate surface area is 135 Å². The number of amides is 1. The molecule has 2 aromatic heterocycles. The lowest BCUT2D eigenvalue weighted by Gasteiger charge is -2.21. The number of pyridine rings is 1. The lowest BCUT2D eigenvalue weighted by Crippen LogP contribution is -2.32. The van der Waals surface area contributed by atoms with E-state index in [1.54, 1.807) is 12.4 Å². The van der Waals surface area contributed by atoms with Crippen LogP contribution >= 0.6 is 0 Å². The second kappa shape index (κ2) is 5.77. The Balaban J connectivity index is 1.37. The molecule has 6 nitrogen and oxygen atoms in total. The van der Waals surface area contributed by atoms with Gasteiger partial charge in [0.2, 0.25) is 5.91 Å². The van der Waals surface area contributed by atoms with E-state index >= 15 is 0 Å². The molecule has 23 heavy (non-hydrogen) atoms. The number of aryl methyl sites for hydroxylation is 1. The standard InChI is InChI=1S/C17H21N5O/c1-20-7-14(6-19-20)8-21-10-15-11-22(17(23)16(15)12-21)9-13-2-4-18-5-3-13/h2-7,15-16H,8-12H2,1H3/t15-,16-/m1/s1. The highest BCUT2D eigenvalue weighted by Gasteiger charge is 2.45. The molecular formula is C17H21N5O. The first-order chi connectivity index (χ1) is 11.2. The molecule has 0 spiro atoms. The number of aromatic nitrogens is 3. The summed E-state index contributed by atoms with van der Waals surface area (Å²) in [6.07, 6.45) is 7.52. The van der Waals surface area contributed by atoms with Gasteiger partial charge < -0.3 is 4.90 Å². The summed E-state index contributed by atoms with van der Waals surface area (Å²) < 4.78 is 1.83. The van der Waals surface area contributed by atoms with Gasteiger partial charge in [-0.05, 0) is 17.7 Å². The van der Waals surface area contributed by atoms with Crippen molar-refractivity contribution in [3.63, 3.8) is 0 Å². The Morgan fingerprint density at radius 1 is 1.13 bits per heavy atom. The van der Waals surface area contributed by atoms with Crippen LogP contribution in [-0.2, 0) is 24.9 Å². The van der Waals surface area contributed by atoms with Crippen molar-refractivity contribution in [1.82, 2.24) is 24.6 Å². The maximum Gasteiger partial charge on any atom is 0.227 e. The van der Waals surface area contributed by atoms with Crippen molar-refractivity contribution < 1.29 is 4.79 Å². The molecular weight excluding hydrogens is 290 g/mol. The van der Waals surface area contributed by atoms with Crippen molar-refractivity contribution in [2.24, 2.45) is 18.9 Å². The maximum atomic E-state index is 12.7. The van der Waals surface area contributed by atoms with E-state index in [2.05, 4.69) is 15.0 Å². The topological polar surface area (TPSA) is 54.3 Å². The lowest BCUT2D eigenvalue weighted by atomic mass is 10.0. The molecule has 6 heteroatoms. The first kappa shape index (κ1) is 14.4. The number of nitrogens with zero attached hydrogens (tertiary/aromatic N) is 5. The molecule has 0 aliphatic carbocycles. The Bertz CT molecular complexity index is 698. The van der Waals surface area contributed by atoms with Crippen LogP contribution < -0.4 is 0 Å². The summed E-state index contributed by atoms with van der Waals surface area (Å²) in [5.41, 5.74) is 2.37. The molecule has 120 valence electrons. The van der Waals surface area contributed by atoms with Gasteiger partial charge in [0.05, 0.1) is 12.1 Å². The Morgan fingerprint density at radius 2 is 1.96 bits per heavy atom. The highest BCUT2D eigenvalue weighted by Crippen LogP contribution is 2.33. The summed E-state index contributed by atoms with van der Waals surface area (Å²) in [4.78, 5) is 21.1.